The van der Waals surface area contributed by atoms with E-state index in [-0.39, 0.29) is 18.9 Å². The molecule has 0 aliphatic carbocycles. The molecule has 23 heavy (non-hydrogen) atoms. The van der Waals surface area contributed by atoms with Crippen molar-refractivity contribution in [2.24, 2.45) is 0 Å². The number of carbonyl (C=O) groups is 2. The molecule has 2 aromatic rings. The van der Waals surface area contributed by atoms with Gasteiger partial charge in [0.15, 0.2) is 0 Å². The molecule has 1 unspecified atom stereocenters. The second-order valence-corrected chi connectivity index (χ2v) is 5.24. The summed E-state index contributed by atoms with van der Waals surface area (Å²) in [5.74, 6) is -1.13. The molecule has 1 fully saturated rings. The molecule has 1 saturated heterocycles. The number of nitrogens with zero attached hydrogens (tertiary/aromatic N) is 4. The van der Waals surface area contributed by atoms with Gasteiger partial charge in [0.2, 0.25) is 0 Å². The molecule has 1 N–H and O–H groups in total. The number of amides is 1. The highest BCUT2D eigenvalue weighted by molar-refractivity contribution is 5.95. The minimum absolute atomic E-state index is 0.121. The van der Waals surface area contributed by atoms with E-state index in [4.69, 9.17) is 9.84 Å². The third-order valence-electron chi connectivity index (χ3n) is 3.73. The number of carboxylic acids is 1. The van der Waals surface area contributed by atoms with Crippen LogP contribution in [0, 0.1) is 0 Å². The molecule has 0 radical (unpaired) electrons. The van der Waals surface area contributed by atoms with E-state index >= 15 is 0 Å². The molecule has 8 nitrogen and oxygen atoms in total. The summed E-state index contributed by atoms with van der Waals surface area (Å²) < 4.78 is 7.03. The number of rotatable bonds is 4. The van der Waals surface area contributed by atoms with Gasteiger partial charge in [-0.25, -0.2) is 0 Å². The number of ether oxygens (including phenoxy) is 1. The molecule has 1 aromatic heterocycles. The Hall–Kier alpha value is -2.74. The maximum Gasteiger partial charge on any atom is 0.305 e. The second-order valence-electron chi connectivity index (χ2n) is 5.24. The fourth-order valence-corrected chi connectivity index (χ4v) is 2.57. The van der Waals surface area contributed by atoms with Crippen LogP contribution in [0.2, 0.25) is 0 Å². The van der Waals surface area contributed by atoms with Gasteiger partial charge in [-0.05, 0) is 24.3 Å². The Labute approximate surface area is 132 Å². The molecule has 0 bridgehead atoms. The molecule has 3 rings (SSSR count). The fraction of sp³-hybridized carbons (Fsp3) is 0.333. The molecule has 2 heterocycles. The number of morpholine rings is 1. The maximum absolute atomic E-state index is 12.6. The summed E-state index contributed by atoms with van der Waals surface area (Å²) >= 11 is 0. The SMILES string of the molecule is O=C(O)CC1COCCN1C(=O)c1ccc(-n2cnnc2)cc1. The van der Waals surface area contributed by atoms with Crippen molar-refractivity contribution in [3.8, 4) is 5.69 Å². The van der Waals surface area contributed by atoms with Crippen LogP contribution in [0.15, 0.2) is 36.9 Å². The lowest BCUT2D eigenvalue weighted by Gasteiger charge is -2.34. The fourth-order valence-electron chi connectivity index (χ4n) is 2.57. The Morgan fingerprint density at radius 1 is 1.22 bits per heavy atom. The number of benzene rings is 1. The average Bonchev–Trinajstić information content (AvgIpc) is 3.09. The third kappa shape index (κ3) is 3.37. The maximum atomic E-state index is 12.6. The van der Waals surface area contributed by atoms with E-state index in [9.17, 15) is 9.59 Å². The topological polar surface area (TPSA) is 97.6 Å². The standard InChI is InChI=1S/C15H16N4O4/c20-14(21)7-13-8-23-6-5-19(13)15(22)11-1-3-12(4-2-11)18-9-16-17-10-18/h1-4,9-10,13H,5-8H2,(H,20,21). The molecule has 1 amide bonds. The number of hydrogen-bond donors (Lipinski definition) is 1. The van der Waals surface area contributed by atoms with Gasteiger partial charge in [0, 0.05) is 17.8 Å². The molecule has 1 atom stereocenters. The van der Waals surface area contributed by atoms with Gasteiger partial charge in [-0.3, -0.25) is 14.2 Å². The lowest BCUT2D eigenvalue weighted by atomic mass is 10.1. The third-order valence-corrected chi connectivity index (χ3v) is 3.73. The van der Waals surface area contributed by atoms with E-state index in [1.807, 2.05) is 0 Å². The Kier molecular flexibility index (Phi) is 4.33. The highest BCUT2D eigenvalue weighted by Gasteiger charge is 2.29. The summed E-state index contributed by atoms with van der Waals surface area (Å²) in [5, 5.41) is 16.4. The second kappa shape index (κ2) is 6.57. The summed E-state index contributed by atoms with van der Waals surface area (Å²) in [6.45, 7) is 1.06. The largest absolute Gasteiger partial charge is 0.481 e. The quantitative estimate of drug-likeness (QED) is 0.886. The molecule has 0 saturated carbocycles. The first-order valence-corrected chi connectivity index (χ1v) is 7.21. The van der Waals surface area contributed by atoms with Crippen molar-refractivity contribution < 1.29 is 19.4 Å². The molecule has 1 aliphatic rings. The van der Waals surface area contributed by atoms with E-state index in [0.717, 1.165) is 5.69 Å². The van der Waals surface area contributed by atoms with Crippen LogP contribution in [0.3, 0.4) is 0 Å². The average molecular weight is 316 g/mol. The van der Waals surface area contributed by atoms with Crippen molar-refractivity contribution in [3.63, 3.8) is 0 Å². The number of aromatic nitrogens is 3. The summed E-state index contributed by atoms with van der Waals surface area (Å²) in [4.78, 5) is 25.2. The first-order chi connectivity index (χ1) is 11.1. The van der Waals surface area contributed by atoms with Gasteiger partial charge >= 0.3 is 5.97 Å². The lowest BCUT2D eigenvalue weighted by Crippen LogP contribution is -2.49. The molecule has 0 spiro atoms. The first-order valence-electron chi connectivity index (χ1n) is 7.21. The van der Waals surface area contributed by atoms with Crippen LogP contribution in [0.4, 0.5) is 0 Å². The highest BCUT2D eigenvalue weighted by atomic mass is 16.5. The van der Waals surface area contributed by atoms with E-state index < -0.39 is 12.0 Å². The first kappa shape index (κ1) is 15.2. The van der Waals surface area contributed by atoms with Crippen molar-refractivity contribution in [1.29, 1.82) is 0 Å². The lowest BCUT2D eigenvalue weighted by molar-refractivity contribution is -0.139. The van der Waals surface area contributed by atoms with Crippen LogP contribution in [-0.2, 0) is 9.53 Å². The summed E-state index contributed by atoms with van der Waals surface area (Å²) in [6.07, 6.45) is 3.02. The predicted octanol–water partition coefficient (Wildman–Crippen LogP) is 0.583. The number of carbonyl (C=O) groups excluding carboxylic acids is 1. The zero-order chi connectivity index (χ0) is 16.2. The van der Waals surface area contributed by atoms with E-state index in [1.165, 1.54) is 0 Å². The van der Waals surface area contributed by atoms with Crippen molar-refractivity contribution in [3.05, 3.63) is 42.5 Å². The van der Waals surface area contributed by atoms with E-state index in [2.05, 4.69) is 10.2 Å². The van der Waals surface area contributed by atoms with Crippen LogP contribution in [0.25, 0.3) is 5.69 Å². The smallest absolute Gasteiger partial charge is 0.305 e. The Morgan fingerprint density at radius 3 is 2.57 bits per heavy atom. The zero-order valence-electron chi connectivity index (χ0n) is 12.3. The minimum Gasteiger partial charge on any atom is -0.481 e. The summed E-state index contributed by atoms with van der Waals surface area (Å²) in [5.41, 5.74) is 1.36. The van der Waals surface area contributed by atoms with Gasteiger partial charge in [-0.2, -0.15) is 0 Å². The van der Waals surface area contributed by atoms with Crippen molar-refractivity contribution in [2.75, 3.05) is 19.8 Å². The van der Waals surface area contributed by atoms with Gasteiger partial charge in [0.1, 0.15) is 12.7 Å². The van der Waals surface area contributed by atoms with Crippen LogP contribution in [0.1, 0.15) is 16.8 Å². The predicted molar refractivity (Wildman–Crippen MR) is 79.3 cm³/mol. The molecule has 120 valence electrons. The van der Waals surface area contributed by atoms with Crippen LogP contribution >= 0.6 is 0 Å². The van der Waals surface area contributed by atoms with Crippen molar-refractivity contribution >= 4 is 11.9 Å². The van der Waals surface area contributed by atoms with E-state index in [1.54, 1.807) is 46.4 Å². The molecular formula is C15H16N4O4. The van der Waals surface area contributed by atoms with Gasteiger partial charge in [0.25, 0.3) is 5.91 Å². The number of carboxylic acid groups (broad SMARTS) is 1. The summed E-state index contributed by atoms with van der Waals surface area (Å²) in [6, 6.07) is 6.58. The molecule has 1 aromatic carbocycles. The van der Waals surface area contributed by atoms with Crippen LogP contribution < -0.4 is 0 Å². The number of aliphatic carboxylic acids is 1. The molecular weight excluding hydrogens is 300 g/mol. The van der Waals surface area contributed by atoms with Gasteiger partial charge in [-0.1, -0.05) is 0 Å². The minimum atomic E-state index is -0.943. The Balaban J connectivity index is 1.77. The van der Waals surface area contributed by atoms with Gasteiger partial charge in [-0.15, -0.1) is 10.2 Å². The Morgan fingerprint density at radius 2 is 1.91 bits per heavy atom. The van der Waals surface area contributed by atoms with Crippen molar-refractivity contribution in [1.82, 2.24) is 19.7 Å². The van der Waals surface area contributed by atoms with Gasteiger partial charge < -0.3 is 14.7 Å². The highest BCUT2D eigenvalue weighted by Crippen LogP contribution is 2.16. The monoisotopic (exact) mass is 316 g/mol. The normalized spacial score (nSPS) is 17.9. The zero-order valence-corrected chi connectivity index (χ0v) is 12.3. The van der Waals surface area contributed by atoms with E-state index in [0.29, 0.717) is 18.7 Å². The van der Waals surface area contributed by atoms with Gasteiger partial charge in [0.05, 0.1) is 25.7 Å². The number of hydrogen-bond acceptors (Lipinski definition) is 5. The Bertz CT molecular complexity index is 684. The van der Waals surface area contributed by atoms with Crippen LogP contribution in [0.5, 0.6) is 0 Å². The molecule has 1 aliphatic heterocycles. The molecule has 8 heteroatoms. The summed E-state index contributed by atoms with van der Waals surface area (Å²) in [7, 11) is 0. The van der Waals surface area contributed by atoms with Crippen molar-refractivity contribution in [2.45, 2.75) is 12.5 Å². The van der Waals surface area contributed by atoms with Crippen LogP contribution in [-0.4, -0.2) is 62.4 Å².